The molecule has 1 aromatic rings. The fourth-order valence-electron chi connectivity index (χ4n) is 7.76. The molecule has 1 amide bonds. The molecule has 2 saturated carbocycles. The molecule has 174 valence electrons. The third kappa shape index (κ3) is 3.30. The van der Waals surface area contributed by atoms with Crippen molar-refractivity contribution in [1.82, 2.24) is 5.32 Å². The number of allylic oxidation sites excluding steroid dienone is 3. The lowest BCUT2D eigenvalue weighted by Crippen LogP contribution is -2.45. The van der Waals surface area contributed by atoms with Gasteiger partial charge in [-0.25, -0.2) is 0 Å². The van der Waals surface area contributed by atoms with Gasteiger partial charge in [0.25, 0.3) is 0 Å². The predicted octanol–water partition coefficient (Wildman–Crippen LogP) is 3.67. The lowest BCUT2D eigenvalue weighted by Gasteiger charge is -2.38. The summed E-state index contributed by atoms with van der Waals surface area (Å²) < 4.78 is 6.74. The van der Waals surface area contributed by atoms with Crippen molar-refractivity contribution < 1.29 is 19.4 Å². The van der Waals surface area contributed by atoms with Crippen LogP contribution >= 0.6 is 0 Å². The standard InChI is InChI=1S/C28H33NO4/c1-3-17-7-11-19-21-12-15(2)4-10-20(21)26-24(19)23(17)25(30)22-14-28(32,29-27(22)31)13-16-5-8-18(33-26)9-6-16/h3,5-9,11,15,17,19-24,26,32H,1,4,10,12-14H2,2H3,(H,29,31)/t15-,17+,19+,20-,21+,22?,23+,24+,26+,28-/m1/s1. The van der Waals surface area contributed by atoms with Crippen molar-refractivity contribution in [2.45, 2.75) is 50.9 Å². The normalized spacial score (nSPS) is 45.7. The molecule has 3 aliphatic carbocycles. The summed E-state index contributed by atoms with van der Waals surface area (Å²) in [6.07, 6.45) is 10.1. The number of fused-ring (bicyclic) bond motifs is 4. The summed E-state index contributed by atoms with van der Waals surface area (Å²) in [7, 11) is 0. The third-order valence-electron chi connectivity index (χ3n) is 9.19. The van der Waals surface area contributed by atoms with Gasteiger partial charge >= 0.3 is 0 Å². The smallest absolute Gasteiger partial charge is 0.232 e. The van der Waals surface area contributed by atoms with Crippen LogP contribution in [0.1, 0.15) is 38.2 Å². The molecule has 2 N–H and O–H groups in total. The van der Waals surface area contributed by atoms with Crippen molar-refractivity contribution in [3.63, 3.8) is 0 Å². The van der Waals surface area contributed by atoms with Crippen LogP contribution in [0.15, 0.2) is 49.1 Å². The molecule has 33 heavy (non-hydrogen) atoms. The Hall–Kier alpha value is -2.40. The highest BCUT2D eigenvalue weighted by atomic mass is 16.5. The minimum atomic E-state index is -1.40. The summed E-state index contributed by atoms with van der Waals surface area (Å²) in [5.41, 5.74) is -0.492. The topological polar surface area (TPSA) is 75.6 Å². The Bertz CT molecular complexity index is 1020. The summed E-state index contributed by atoms with van der Waals surface area (Å²) in [6.45, 7) is 6.36. The van der Waals surface area contributed by atoms with E-state index in [2.05, 4.69) is 31.0 Å². The van der Waals surface area contributed by atoms with E-state index in [0.29, 0.717) is 17.8 Å². The van der Waals surface area contributed by atoms with Gasteiger partial charge in [-0.1, -0.05) is 43.7 Å². The minimum Gasteiger partial charge on any atom is -0.490 e. The number of ketones is 1. The Kier molecular flexibility index (Phi) is 4.84. The Morgan fingerprint density at radius 2 is 1.94 bits per heavy atom. The van der Waals surface area contributed by atoms with E-state index in [1.807, 2.05) is 30.3 Å². The second-order valence-corrected chi connectivity index (χ2v) is 11.2. The Morgan fingerprint density at radius 1 is 1.15 bits per heavy atom. The number of amides is 1. The van der Waals surface area contributed by atoms with E-state index in [-0.39, 0.29) is 54.3 Å². The van der Waals surface area contributed by atoms with Crippen LogP contribution in [-0.2, 0) is 16.0 Å². The largest absolute Gasteiger partial charge is 0.490 e. The third-order valence-corrected chi connectivity index (χ3v) is 9.19. The number of ether oxygens (including phenoxy) is 1. The highest BCUT2D eigenvalue weighted by Gasteiger charge is 2.60. The fraction of sp³-hybridized carbons (Fsp3) is 0.571. The maximum absolute atomic E-state index is 14.1. The molecular weight excluding hydrogens is 414 g/mol. The van der Waals surface area contributed by atoms with Gasteiger partial charge in [0.2, 0.25) is 5.91 Å². The van der Waals surface area contributed by atoms with Crippen LogP contribution in [-0.4, -0.2) is 28.6 Å². The lowest BCUT2D eigenvalue weighted by molar-refractivity contribution is -0.137. The predicted molar refractivity (Wildman–Crippen MR) is 124 cm³/mol. The Balaban J connectivity index is 1.49. The highest BCUT2D eigenvalue weighted by Crippen LogP contribution is 2.58. The van der Waals surface area contributed by atoms with Crippen LogP contribution in [0.2, 0.25) is 0 Å². The number of rotatable bonds is 1. The summed E-state index contributed by atoms with van der Waals surface area (Å²) in [6, 6.07) is 7.87. The van der Waals surface area contributed by atoms with Crippen LogP contribution in [0.5, 0.6) is 5.75 Å². The van der Waals surface area contributed by atoms with Crippen LogP contribution in [0.3, 0.4) is 0 Å². The zero-order valence-corrected chi connectivity index (χ0v) is 19.2. The average Bonchev–Trinajstić information content (AvgIpc) is 3.27. The van der Waals surface area contributed by atoms with Crippen molar-refractivity contribution in [3.8, 4) is 5.75 Å². The van der Waals surface area contributed by atoms with Gasteiger partial charge in [0, 0.05) is 30.6 Å². The van der Waals surface area contributed by atoms with Crippen LogP contribution < -0.4 is 10.1 Å². The van der Waals surface area contributed by atoms with E-state index in [1.165, 1.54) is 6.42 Å². The van der Waals surface area contributed by atoms with Crippen molar-refractivity contribution >= 4 is 11.7 Å². The summed E-state index contributed by atoms with van der Waals surface area (Å²) in [4.78, 5) is 27.0. The molecule has 5 nitrogen and oxygen atoms in total. The summed E-state index contributed by atoms with van der Waals surface area (Å²) in [5, 5.41) is 13.9. The molecule has 3 heterocycles. The van der Waals surface area contributed by atoms with Crippen molar-refractivity contribution in [3.05, 3.63) is 54.6 Å². The van der Waals surface area contributed by atoms with Gasteiger partial charge in [-0.15, -0.1) is 6.58 Å². The van der Waals surface area contributed by atoms with Gasteiger partial charge in [-0.3, -0.25) is 9.59 Å². The van der Waals surface area contributed by atoms with Gasteiger partial charge in [-0.05, 0) is 54.2 Å². The molecule has 7 rings (SSSR count). The molecule has 6 aliphatic rings. The maximum atomic E-state index is 14.1. The van der Waals surface area contributed by atoms with E-state index in [0.717, 1.165) is 24.2 Å². The van der Waals surface area contributed by atoms with E-state index in [1.54, 1.807) is 0 Å². The first kappa shape index (κ1) is 21.2. The minimum absolute atomic E-state index is 0.00715. The first-order chi connectivity index (χ1) is 15.9. The number of carbonyl (C=O) groups is 2. The Labute approximate surface area is 195 Å². The van der Waals surface area contributed by atoms with Gasteiger partial charge in [0.05, 0.1) is 0 Å². The molecule has 3 fully saturated rings. The molecule has 0 radical (unpaired) electrons. The van der Waals surface area contributed by atoms with Crippen LogP contribution in [0.4, 0.5) is 0 Å². The number of nitrogens with one attached hydrogen (secondary N) is 1. The SMILES string of the molecule is C=C[C@H]1C=C[C@H]2[C@@H]3C[C@H](C)CC[C@H]3[C@@H]3Oc4ccc(cc4)C[C@@]4(O)CC(C(=O)N4)C(=O)[C@@H]1[C@H]23. The van der Waals surface area contributed by atoms with Gasteiger partial charge in [0.1, 0.15) is 29.3 Å². The number of hydrogen-bond donors (Lipinski definition) is 2. The summed E-state index contributed by atoms with van der Waals surface area (Å²) >= 11 is 0. The number of carbonyl (C=O) groups excluding carboxylic acids is 2. The van der Waals surface area contributed by atoms with Gasteiger partial charge < -0.3 is 15.2 Å². The highest BCUT2D eigenvalue weighted by molar-refractivity contribution is 6.04. The van der Waals surface area contributed by atoms with Gasteiger partial charge in [0.15, 0.2) is 0 Å². The van der Waals surface area contributed by atoms with Crippen LogP contribution in [0, 0.1) is 47.3 Å². The molecule has 0 spiro atoms. The zero-order chi connectivity index (χ0) is 22.9. The molecule has 10 atom stereocenters. The lowest BCUT2D eigenvalue weighted by atomic mass is 9.65. The number of benzene rings is 1. The molecule has 1 saturated heterocycles. The maximum Gasteiger partial charge on any atom is 0.232 e. The molecule has 4 bridgehead atoms. The molecule has 3 aliphatic heterocycles. The first-order valence-electron chi connectivity index (χ1n) is 12.5. The van der Waals surface area contributed by atoms with Crippen molar-refractivity contribution in [1.29, 1.82) is 0 Å². The molecule has 1 unspecified atom stereocenters. The Morgan fingerprint density at radius 3 is 2.70 bits per heavy atom. The van der Waals surface area contributed by atoms with E-state index in [4.69, 9.17) is 4.74 Å². The van der Waals surface area contributed by atoms with E-state index >= 15 is 0 Å². The second kappa shape index (κ2) is 7.56. The molecule has 5 heteroatoms. The van der Waals surface area contributed by atoms with E-state index in [9.17, 15) is 14.7 Å². The number of hydrogen-bond acceptors (Lipinski definition) is 4. The van der Waals surface area contributed by atoms with Crippen molar-refractivity contribution in [2.75, 3.05) is 0 Å². The molecular formula is C28H33NO4. The van der Waals surface area contributed by atoms with Crippen molar-refractivity contribution in [2.24, 2.45) is 47.3 Å². The van der Waals surface area contributed by atoms with Gasteiger partial charge in [-0.2, -0.15) is 0 Å². The second-order valence-electron chi connectivity index (χ2n) is 11.2. The first-order valence-corrected chi connectivity index (χ1v) is 12.5. The number of aliphatic hydroxyl groups is 1. The monoisotopic (exact) mass is 447 g/mol. The molecule has 0 aromatic heterocycles. The van der Waals surface area contributed by atoms with E-state index < -0.39 is 11.6 Å². The summed E-state index contributed by atoms with van der Waals surface area (Å²) in [5.74, 6) is 0.910. The number of Topliss-reactive ketones (excluding diaryl/α,β-unsaturated/α-hetero) is 1. The quantitative estimate of drug-likeness (QED) is 0.509. The molecule has 1 aromatic carbocycles. The average molecular weight is 448 g/mol. The fourth-order valence-corrected chi connectivity index (χ4v) is 7.76. The van der Waals surface area contributed by atoms with Crippen LogP contribution in [0.25, 0.3) is 0 Å². The zero-order valence-electron chi connectivity index (χ0n) is 19.2.